The molecule has 0 fully saturated rings. The average molecular weight is 214 g/mol. The molecule has 1 amide bonds. The highest BCUT2D eigenvalue weighted by molar-refractivity contribution is 5.76. The Labute approximate surface area is 94.0 Å². The molecule has 90 valence electrons. The summed E-state index contributed by atoms with van der Waals surface area (Å²) < 4.78 is 0. The van der Waals surface area contributed by atoms with Gasteiger partial charge in [0.25, 0.3) is 0 Å². The third-order valence-electron chi connectivity index (χ3n) is 2.27. The monoisotopic (exact) mass is 214 g/mol. The Kier molecular flexibility index (Phi) is 8.38. The number of hydrogen-bond acceptors (Lipinski definition) is 2. The minimum atomic E-state index is 0.153. The summed E-state index contributed by atoms with van der Waals surface area (Å²) in [5.74, 6) is 0.681. The van der Waals surface area contributed by atoms with Gasteiger partial charge in [-0.15, -0.1) is 0 Å². The number of carbonyl (C=O) groups is 1. The third-order valence-corrected chi connectivity index (χ3v) is 2.27. The Morgan fingerprint density at radius 2 is 1.93 bits per heavy atom. The van der Waals surface area contributed by atoms with Crippen LogP contribution < -0.4 is 10.6 Å². The first-order chi connectivity index (χ1) is 7.06. The van der Waals surface area contributed by atoms with Crippen molar-refractivity contribution in [3.63, 3.8) is 0 Å². The van der Waals surface area contributed by atoms with Crippen LogP contribution in [0.3, 0.4) is 0 Å². The molecule has 1 atom stereocenters. The van der Waals surface area contributed by atoms with Gasteiger partial charge in [0, 0.05) is 25.6 Å². The largest absolute Gasteiger partial charge is 0.356 e. The number of amides is 1. The fourth-order valence-electron chi connectivity index (χ4n) is 1.37. The molecule has 0 radical (unpaired) electrons. The fourth-order valence-corrected chi connectivity index (χ4v) is 1.37. The van der Waals surface area contributed by atoms with E-state index in [9.17, 15) is 4.79 Å². The summed E-state index contributed by atoms with van der Waals surface area (Å²) in [4.78, 5) is 11.3. The van der Waals surface area contributed by atoms with Gasteiger partial charge in [0.1, 0.15) is 0 Å². The highest BCUT2D eigenvalue weighted by Crippen LogP contribution is 1.94. The van der Waals surface area contributed by atoms with E-state index in [1.165, 1.54) is 12.8 Å². The molecule has 0 aromatic heterocycles. The molecule has 0 heterocycles. The van der Waals surface area contributed by atoms with Crippen LogP contribution in [-0.2, 0) is 4.79 Å². The summed E-state index contributed by atoms with van der Waals surface area (Å²) in [6.07, 6.45) is 2.95. The summed E-state index contributed by atoms with van der Waals surface area (Å²) >= 11 is 0. The molecule has 0 aromatic rings. The molecule has 0 spiro atoms. The summed E-state index contributed by atoms with van der Waals surface area (Å²) in [7, 11) is 0. The van der Waals surface area contributed by atoms with E-state index in [0.717, 1.165) is 13.1 Å². The van der Waals surface area contributed by atoms with Gasteiger partial charge in [0.05, 0.1) is 0 Å². The summed E-state index contributed by atoms with van der Waals surface area (Å²) in [6.45, 7) is 10.1. The molecule has 0 rings (SSSR count). The smallest absolute Gasteiger partial charge is 0.221 e. The minimum Gasteiger partial charge on any atom is -0.356 e. The number of hydrogen-bond donors (Lipinski definition) is 2. The highest BCUT2D eigenvalue weighted by Gasteiger charge is 2.03. The van der Waals surface area contributed by atoms with E-state index in [1.807, 2.05) is 0 Å². The topological polar surface area (TPSA) is 41.1 Å². The molecule has 0 aliphatic carbocycles. The molecule has 2 N–H and O–H groups in total. The third kappa shape index (κ3) is 9.73. The van der Waals surface area contributed by atoms with Crippen molar-refractivity contribution in [3.05, 3.63) is 0 Å². The predicted octanol–water partition coefficient (Wildman–Crippen LogP) is 1.93. The van der Waals surface area contributed by atoms with Crippen LogP contribution in [0.5, 0.6) is 0 Å². The van der Waals surface area contributed by atoms with E-state index in [-0.39, 0.29) is 5.91 Å². The van der Waals surface area contributed by atoms with Crippen LogP contribution in [0.1, 0.15) is 47.0 Å². The van der Waals surface area contributed by atoms with Gasteiger partial charge in [0.15, 0.2) is 0 Å². The second kappa shape index (κ2) is 8.72. The first-order valence-electron chi connectivity index (χ1n) is 6.06. The van der Waals surface area contributed by atoms with Crippen molar-refractivity contribution in [2.24, 2.45) is 5.92 Å². The first kappa shape index (κ1) is 14.4. The van der Waals surface area contributed by atoms with Crippen molar-refractivity contribution in [3.8, 4) is 0 Å². The summed E-state index contributed by atoms with van der Waals surface area (Å²) in [6, 6.07) is 0.521. The van der Waals surface area contributed by atoms with Crippen LogP contribution in [-0.4, -0.2) is 25.0 Å². The number of carbonyl (C=O) groups excluding carboxylic acids is 1. The first-order valence-corrected chi connectivity index (χ1v) is 6.06. The Bertz CT molecular complexity index is 169. The minimum absolute atomic E-state index is 0.153. The molecule has 0 aromatic carbocycles. The lowest BCUT2D eigenvalue weighted by atomic mass is 10.2. The zero-order valence-electron chi connectivity index (χ0n) is 10.6. The van der Waals surface area contributed by atoms with Crippen LogP contribution in [0.15, 0.2) is 0 Å². The van der Waals surface area contributed by atoms with Gasteiger partial charge in [-0.25, -0.2) is 0 Å². The van der Waals surface area contributed by atoms with E-state index >= 15 is 0 Å². The maximum absolute atomic E-state index is 11.3. The standard InChI is InChI=1S/C12H26N2O/c1-5-6-11(4)13-8-7-12(15)14-9-10(2)3/h10-11,13H,5-9H2,1-4H3,(H,14,15). The molecule has 3 heteroatoms. The lowest BCUT2D eigenvalue weighted by Crippen LogP contribution is -2.33. The number of rotatable bonds is 8. The van der Waals surface area contributed by atoms with E-state index < -0.39 is 0 Å². The van der Waals surface area contributed by atoms with Crippen molar-refractivity contribution in [2.75, 3.05) is 13.1 Å². The Hall–Kier alpha value is -0.570. The normalized spacial score (nSPS) is 12.9. The quantitative estimate of drug-likeness (QED) is 0.648. The van der Waals surface area contributed by atoms with Crippen molar-refractivity contribution in [1.82, 2.24) is 10.6 Å². The molecular formula is C12H26N2O. The molecule has 0 aliphatic heterocycles. The lowest BCUT2D eigenvalue weighted by molar-refractivity contribution is -0.121. The summed E-state index contributed by atoms with van der Waals surface area (Å²) in [5, 5.41) is 6.25. The van der Waals surface area contributed by atoms with Crippen molar-refractivity contribution in [1.29, 1.82) is 0 Å². The van der Waals surface area contributed by atoms with Crippen molar-refractivity contribution < 1.29 is 4.79 Å². The number of nitrogens with one attached hydrogen (secondary N) is 2. The second-order valence-electron chi connectivity index (χ2n) is 4.59. The SMILES string of the molecule is CCCC(C)NCCC(=O)NCC(C)C. The Balaban J connectivity index is 3.38. The van der Waals surface area contributed by atoms with Gasteiger partial charge >= 0.3 is 0 Å². The fraction of sp³-hybridized carbons (Fsp3) is 0.917. The molecule has 15 heavy (non-hydrogen) atoms. The van der Waals surface area contributed by atoms with Crippen LogP contribution in [0.25, 0.3) is 0 Å². The predicted molar refractivity (Wildman–Crippen MR) is 64.8 cm³/mol. The van der Waals surface area contributed by atoms with Gasteiger partial charge in [-0.1, -0.05) is 27.2 Å². The van der Waals surface area contributed by atoms with Gasteiger partial charge in [-0.05, 0) is 19.3 Å². The van der Waals surface area contributed by atoms with Crippen LogP contribution >= 0.6 is 0 Å². The van der Waals surface area contributed by atoms with Crippen LogP contribution in [0.2, 0.25) is 0 Å². The van der Waals surface area contributed by atoms with Crippen molar-refractivity contribution >= 4 is 5.91 Å². The van der Waals surface area contributed by atoms with Gasteiger partial charge in [-0.2, -0.15) is 0 Å². The van der Waals surface area contributed by atoms with Crippen LogP contribution in [0.4, 0.5) is 0 Å². The molecule has 0 bridgehead atoms. The van der Waals surface area contributed by atoms with E-state index in [4.69, 9.17) is 0 Å². The Morgan fingerprint density at radius 3 is 2.47 bits per heavy atom. The molecule has 0 saturated carbocycles. The summed E-state index contributed by atoms with van der Waals surface area (Å²) in [5.41, 5.74) is 0. The highest BCUT2D eigenvalue weighted by atomic mass is 16.1. The zero-order chi connectivity index (χ0) is 11.7. The molecule has 1 unspecified atom stereocenters. The van der Waals surface area contributed by atoms with E-state index in [0.29, 0.717) is 18.4 Å². The van der Waals surface area contributed by atoms with Gasteiger partial charge < -0.3 is 10.6 Å². The average Bonchev–Trinajstić information content (AvgIpc) is 2.15. The van der Waals surface area contributed by atoms with Crippen molar-refractivity contribution in [2.45, 2.75) is 53.0 Å². The molecule has 0 aliphatic rings. The molecular weight excluding hydrogens is 188 g/mol. The van der Waals surface area contributed by atoms with E-state index in [2.05, 4.69) is 38.3 Å². The van der Waals surface area contributed by atoms with E-state index in [1.54, 1.807) is 0 Å². The maximum Gasteiger partial charge on any atom is 0.221 e. The zero-order valence-corrected chi connectivity index (χ0v) is 10.6. The van der Waals surface area contributed by atoms with Crippen LogP contribution in [0, 0.1) is 5.92 Å². The van der Waals surface area contributed by atoms with Gasteiger partial charge in [0.2, 0.25) is 5.91 Å². The molecule has 3 nitrogen and oxygen atoms in total. The van der Waals surface area contributed by atoms with Gasteiger partial charge in [-0.3, -0.25) is 4.79 Å². The maximum atomic E-state index is 11.3. The second-order valence-corrected chi connectivity index (χ2v) is 4.59. The molecule has 0 saturated heterocycles. The Morgan fingerprint density at radius 1 is 1.27 bits per heavy atom. The lowest BCUT2D eigenvalue weighted by Gasteiger charge is -2.12.